The summed E-state index contributed by atoms with van der Waals surface area (Å²) in [6.07, 6.45) is 0. The summed E-state index contributed by atoms with van der Waals surface area (Å²) in [6.45, 7) is 1.95. The van der Waals surface area contributed by atoms with Gasteiger partial charge in [-0.15, -0.1) is 0 Å². The molecule has 3 heteroatoms. The van der Waals surface area contributed by atoms with E-state index >= 15 is 0 Å². The van der Waals surface area contributed by atoms with Gasteiger partial charge >= 0.3 is 0 Å². The summed E-state index contributed by atoms with van der Waals surface area (Å²) in [6, 6.07) is 5.56. The Morgan fingerprint density at radius 1 is 1.50 bits per heavy atom. The van der Waals surface area contributed by atoms with Crippen molar-refractivity contribution in [2.75, 3.05) is 0 Å². The van der Waals surface area contributed by atoms with E-state index in [0.717, 1.165) is 16.3 Å². The molecule has 0 saturated carbocycles. The Bertz CT molecular complexity index is 237. The van der Waals surface area contributed by atoms with Crippen molar-refractivity contribution in [1.82, 2.24) is 0 Å². The van der Waals surface area contributed by atoms with Crippen LogP contribution in [0.5, 0.6) is 5.75 Å². The summed E-state index contributed by atoms with van der Waals surface area (Å²) in [5.41, 5.74) is 1.04. The van der Waals surface area contributed by atoms with Crippen molar-refractivity contribution in [3.05, 3.63) is 28.8 Å². The summed E-state index contributed by atoms with van der Waals surface area (Å²) in [7, 11) is 0. The molecule has 0 aromatic heterocycles. The Labute approximate surface area is 79.0 Å². The van der Waals surface area contributed by atoms with Crippen LogP contribution in [0.2, 0.25) is 5.02 Å². The number of rotatable bonds is 1. The highest BCUT2D eigenvalue weighted by atomic mass is 127. The zero-order chi connectivity index (χ0) is 7.56. The van der Waals surface area contributed by atoms with Crippen LogP contribution in [-0.4, -0.2) is 0 Å². The molecule has 0 amide bonds. The van der Waals surface area contributed by atoms with Crippen LogP contribution in [0.1, 0.15) is 5.56 Å². The maximum atomic E-state index is 5.78. The van der Waals surface area contributed by atoms with Gasteiger partial charge in [-0.25, -0.2) is 0 Å². The molecule has 1 rings (SSSR count). The lowest BCUT2D eigenvalue weighted by atomic mass is 10.2. The number of benzene rings is 1. The van der Waals surface area contributed by atoms with Crippen LogP contribution in [0.15, 0.2) is 18.2 Å². The minimum atomic E-state index is 0.775. The van der Waals surface area contributed by atoms with Crippen LogP contribution in [-0.2, 0) is 0 Å². The van der Waals surface area contributed by atoms with Gasteiger partial charge in [0.05, 0.1) is 0 Å². The van der Waals surface area contributed by atoms with Crippen LogP contribution in [0.25, 0.3) is 0 Å². The predicted octanol–water partition coefficient (Wildman–Crippen LogP) is 3.38. The molecule has 0 fully saturated rings. The molecule has 0 N–H and O–H groups in total. The first-order valence-electron chi connectivity index (χ1n) is 2.79. The molecule has 0 atom stereocenters. The van der Waals surface area contributed by atoms with E-state index in [1.807, 2.05) is 48.1 Å². The third-order valence-electron chi connectivity index (χ3n) is 1.22. The molecule has 0 spiro atoms. The van der Waals surface area contributed by atoms with Crippen LogP contribution < -0.4 is 3.07 Å². The Balaban J connectivity index is 3.04. The molecule has 0 heterocycles. The van der Waals surface area contributed by atoms with Gasteiger partial charge in [-0.2, -0.15) is 0 Å². The summed E-state index contributed by atoms with van der Waals surface area (Å²) in [5.74, 6) is 0.836. The Morgan fingerprint density at radius 2 is 2.20 bits per heavy atom. The fraction of sp³-hybridized carbons (Fsp3) is 0.143. The SMILES string of the molecule is Cc1cc(OI)ccc1Cl. The van der Waals surface area contributed by atoms with Gasteiger partial charge in [-0.1, -0.05) is 11.6 Å². The van der Waals surface area contributed by atoms with E-state index in [9.17, 15) is 0 Å². The summed E-state index contributed by atoms with van der Waals surface area (Å²) in [4.78, 5) is 0. The molecular formula is C7H6ClIO. The van der Waals surface area contributed by atoms with Gasteiger partial charge in [0.1, 0.15) is 5.75 Å². The van der Waals surface area contributed by atoms with Gasteiger partial charge in [0.25, 0.3) is 0 Å². The van der Waals surface area contributed by atoms with E-state index in [2.05, 4.69) is 0 Å². The molecule has 1 nitrogen and oxygen atoms in total. The van der Waals surface area contributed by atoms with Crippen LogP contribution in [0.4, 0.5) is 0 Å². The molecule has 10 heavy (non-hydrogen) atoms. The van der Waals surface area contributed by atoms with Gasteiger partial charge in [0.2, 0.25) is 0 Å². The number of halogens is 2. The average Bonchev–Trinajstić information content (AvgIpc) is 1.95. The molecule has 0 unspecified atom stereocenters. The van der Waals surface area contributed by atoms with E-state index in [4.69, 9.17) is 14.7 Å². The topological polar surface area (TPSA) is 9.23 Å². The van der Waals surface area contributed by atoms with E-state index in [1.54, 1.807) is 0 Å². The first kappa shape index (κ1) is 8.14. The van der Waals surface area contributed by atoms with Gasteiger partial charge < -0.3 is 3.07 Å². The minimum absolute atomic E-state index is 0.775. The minimum Gasteiger partial charge on any atom is -0.428 e. The molecule has 0 radical (unpaired) electrons. The standard InChI is InChI=1S/C7H6ClIO/c1-5-4-6(10-9)2-3-7(5)8/h2-4H,1H3. The van der Waals surface area contributed by atoms with Gasteiger partial charge in [-0.05, 0) is 30.7 Å². The third kappa shape index (κ3) is 1.76. The van der Waals surface area contributed by atoms with Crippen molar-refractivity contribution in [3.8, 4) is 5.75 Å². The first-order valence-corrected chi connectivity index (χ1v) is 4.04. The number of hydrogen-bond donors (Lipinski definition) is 0. The van der Waals surface area contributed by atoms with Gasteiger partial charge in [-0.3, -0.25) is 0 Å². The van der Waals surface area contributed by atoms with Gasteiger partial charge in [0, 0.05) is 5.02 Å². The Kier molecular flexibility index (Phi) is 2.80. The number of hydrogen-bond acceptors (Lipinski definition) is 1. The monoisotopic (exact) mass is 268 g/mol. The second kappa shape index (κ2) is 3.44. The molecule has 0 bridgehead atoms. The third-order valence-corrected chi connectivity index (χ3v) is 2.15. The fourth-order valence-electron chi connectivity index (χ4n) is 0.665. The highest BCUT2D eigenvalue weighted by molar-refractivity contribution is 14.1. The largest absolute Gasteiger partial charge is 0.428 e. The Morgan fingerprint density at radius 3 is 2.70 bits per heavy atom. The van der Waals surface area contributed by atoms with E-state index in [0.29, 0.717) is 0 Å². The molecule has 1 aromatic carbocycles. The zero-order valence-electron chi connectivity index (χ0n) is 5.40. The predicted molar refractivity (Wildman–Crippen MR) is 50.8 cm³/mol. The molecule has 0 aliphatic carbocycles. The maximum Gasteiger partial charge on any atom is 0.192 e. The zero-order valence-corrected chi connectivity index (χ0v) is 8.31. The summed E-state index contributed by atoms with van der Waals surface area (Å²) >= 11 is 7.62. The quantitative estimate of drug-likeness (QED) is 0.710. The smallest absolute Gasteiger partial charge is 0.192 e. The van der Waals surface area contributed by atoms with E-state index in [1.165, 1.54) is 0 Å². The van der Waals surface area contributed by atoms with Crippen molar-refractivity contribution < 1.29 is 3.07 Å². The maximum absolute atomic E-state index is 5.78. The van der Waals surface area contributed by atoms with Crippen molar-refractivity contribution in [2.24, 2.45) is 0 Å². The first-order chi connectivity index (χ1) is 4.74. The van der Waals surface area contributed by atoms with E-state index < -0.39 is 0 Å². The lowest BCUT2D eigenvalue weighted by molar-refractivity contribution is 0.716. The van der Waals surface area contributed by atoms with Crippen LogP contribution in [0.3, 0.4) is 0 Å². The molecule has 54 valence electrons. The van der Waals surface area contributed by atoms with Crippen molar-refractivity contribution in [3.63, 3.8) is 0 Å². The van der Waals surface area contributed by atoms with Crippen molar-refractivity contribution in [2.45, 2.75) is 6.92 Å². The number of aryl methyl sites for hydroxylation is 1. The molecule has 0 aliphatic rings. The molecular weight excluding hydrogens is 262 g/mol. The second-order valence-corrected chi connectivity index (χ2v) is 2.84. The van der Waals surface area contributed by atoms with Crippen LogP contribution >= 0.6 is 34.6 Å². The highest BCUT2D eigenvalue weighted by Crippen LogP contribution is 2.21. The Hall–Kier alpha value is 0.0400. The summed E-state index contributed by atoms with van der Waals surface area (Å²) < 4.78 is 4.96. The van der Waals surface area contributed by atoms with Crippen molar-refractivity contribution in [1.29, 1.82) is 0 Å². The molecule has 0 saturated heterocycles. The van der Waals surface area contributed by atoms with E-state index in [-0.39, 0.29) is 0 Å². The van der Waals surface area contributed by atoms with Crippen molar-refractivity contribution >= 4 is 34.6 Å². The summed E-state index contributed by atoms with van der Waals surface area (Å²) in [5, 5.41) is 0.775. The van der Waals surface area contributed by atoms with Gasteiger partial charge in [0.15, 0.2) is 23.0 Å². The molecule has 1 aromatic rings. The average molecular weight is 268 g/mol. The lowest BCUT2D eigenvalue weighted by Gasteiger charge is -1.99. The molecule has 0 aliphatic heterocycles. The lowest BCUT2D eigenvalue weighted by Crippen LogP contribution is -1.77. The second-order valence-electron chi connectivity index (χ2n) is 1.99. The fourth-order valence-corrected chi connectivity index (χ4v) is 1.06. The normalized spacial score (nSPS) is 9.50. The highest BCUT2D eigenvalue weighted by Gasteiger charge is 1.95. The van der Waals surface area contributed by atoms with Crippen LogP contribution in [0, 0.1) is 6.92 Å².